The lowest BCUT2D eigenvalue weighted by Crippen LogP contribution is -2.51. The van der Waals surface area contributed by atoms with Crippen LogP contribution in [0.1, 0.15) is 25.7 Å². The Bertz CT molecular complexity index is 979. The summed E-state index contributed by atoms with van der Waals surface area (Å²) in [6.45, 7) is 2.87. The molecule has 0 bridgehead atoms. The summed E-state index contributed by atoms with van der Waals surface area (Å²) in [5.41, 5.74) is 1.67. The standard InChI is InChI=1S/C21H24N6O/c28-20-15-25(12-13-26(20)14-16-6-4-5-7-16)19-11-10-18-22-23-21(27(18)24-19)17-8-2-1-3-9-17/h1-3,8-11,16H,4-7,12-15H2. The first kappa shape index (κ1) is 17.2. The van der Waals surface area contributed by atoms with Crippen LogP contribution in [0.25, 0.3) is 17.0 Å². The Morgan fingerprint density at radius 2 is 1.79 bits per heavy atom. The van der Waals surface area contributed by atoms with Crippen molar-refractivity contribution in [3.05, 3.63) is 42.5 Å². The molecule has 1 aliphatic heterocycles. The minimum atomic E-state index is 0.201. The van der Waals surface area contributed by atoms with E-state index in [0.717, 1.165) is 31.0 Å². The van der Waals surface area contributed by atoms with E-state index in [1.807, 2.05) is 47.4 Å². The number of aromatic nitrogens is 4. The van der Waals surface area contributed by atoms with Gasteiger partial charge in [0.1, 0.15) is 5.82 Å². The SMILES string of the molecule is O=C1CN(c2ccc3nnc(-c4ccccc4)n3n2)CCN1CC1CCCC1. The molecule has 28 heavy (non-hydrogen) atoms. The van der Waals surface area contributed by atoms with Crippen LogP contribution in [0, 0.1) is 5.92 Å². The van der Waals surface area contributed by atoms with Gasteiger partial charge in [0.05, 0.1) is 6.54 Å². The van der Waals surface area contributed by atoms with E-state index in [-0.39, 0.29) is 5.91 Å². The van der Waals surface area contributed by atoms with Crippen LogP contribution in [0.5, 0.6) is 0 Å². The van der Waals surface area contributed by atoms with E-state index < -0.39 is 0 Å². The van der Waals surface area contributed by atoms with Gasteiger partial charge in [0.2, 0.25) is 5.91 Å². The summed E-state index contributed by atoms with van der Waals surface area (Å²) in [5.74, 6) is 2.39. The van der Waals surface area contributed by atoms with Crippen LogP contribution in [0.3, 0.4) is 0 Å². The fraction of sp³-hybridized carbons (Fsp3) is 0.429. The van der Waals surface area contributed by atoms with E-state index in [9.17, 15) is 4.79 Å². The Morgan fingerprint density at radius 1 is 0.964 bits per heavy atom. The third-order valence-corrected chi connectivity index (χ3v) is 5.88. The number of benzene rings is 1. The van der Waals surface area contributed by atoms with Crippen LogP contribution in [-0.2, 0) is 4.79 Å². The van der Waals surface area contributed by atoms with Crippen LogP contribution >= 0.6 is 0 Å². The smallest absolute Gasteiger partial charge is 0.242 e. The molecule has 0 radical (unpaired) electrons. The number of anilines is 1. The molecule has 1 aromatic carbocycles. The summed E-state index contributed by atoms with van der Waals surface area (Å²) >= 11 is 0. The van der Waals surface area contributed by atoms with Crippen LogP contribution in [-0.4, -0.2) is 56.8 Å². The number of piperazine rings is 1. The molecule has 7 nitrogen and oxygen atoms in total. The summed E-state index contributed by atoms with van der Waals surface area (Å²) in [6.07, 6.45) is 5.15. The van der Waals surface area contributed by atoms with Gasteiger partial charge in [0.15, 0.2) is 11.5 Å². The van der Waals surface area contributed by atoms with Gasteiger partial charge in [-0.25, -0.2) is 0 Å². The van der Waals surface area contributed by atoms with Crippen molar-refractivity contribution in [3.63, 3.8) is 0 Å². The van der Waals surface area contributed by atoms with Crippen molar-refractivity contribution in [3.8, 4) is 11.4 Å². The second kappa shape index (κ2) is 7.22. The Balaban J connectivity index is 1.36. The first-order chi connectivity index (χ1) is 13.8. The van der Waals surface area contributed by atoms with Crippen LogP contribution in [0.15, 0.2) is 42.5 Å². The predicted molar refractivity (Wildman–Crippen MR) is 107 cm³/mol. The van der Waals surface area contributed by atoms with Crippen molar-refractivity contribution in [2.75, 3.05) is 31.1 Å². The highest BCUT2D eigenvalue weighted by Crippen LogP contribution is 2.26. The Kier molecular flexibility index (Phi) is 4.43. The summed E-state index contributed by atoms with van der Waals surface area (Å²) in [4.78, 5) is 16.8. The first-order valence-corrected chi connectivity index (χ1v) is 10.1. The zero-order valence-electron chi connectivity index (χ0n) is 15.9. The number of carbonyl (C=O) groups is 1. The molecular weight excluding hydrogens is 352 g/mol. The minimum absolute atomic E-state index is 0.201. The summed E-state index contributed by atoms with van der Waals surface area (Å²) in [6, 6.07) is 13.8. The lowest BCUT2D eigenvalue weighted by atomic mass is 10.1. The molecule has 7 heteroatoms. The average Bonchev–Trinajstić information content (AvgIpc) is 3.39. The minimum Gasteiger partial charge on any atom is -0.344 e. The van der Waals surface area contributed by atoms with Crippen LogP contribution in [0.2, 0.25) is 0 Å². The molecule has 0 unspecified atom stereocenters. The zero-order chi connectivity index (χ0) is 18.9. The molecule has 2 aliphatic rings. The second-order valence-corrected chi connectivity index (χ2v) is 7.76. The van der Waals surface area contributed by atoms with Crippen molar-refractivity contribution in [2.45, 2.75) is 25.7 Å². The quantitative estimate of drug-likeness (QED) is 0.700. The molecule has 0 N–H and O–H groups in total. The van der Waals surface area contributed by atoms with Gasteiger partial charge in [-0.15, -0.1) is 15.3 Å². The Hall–Kier alpha value is -2.96. The van der Waals surface area contributed by atoms with Crippen LogP contribution < -0.4 is 4.90 Å². The molecule has 5 rings (SSSR count). The molecule has 1 aliphatic carbocycles. The summed E-state index contributed by atoms with van der Waals surface area (Å²) in [7, 11) is 0. The van der Waals surface area contributed by atoms with Gasteiger partial charge >= 0.3 is 0 Å². The maximum absolute atomic E-state index is 12.7. The topological polar surface area (TPSA) is 66.6 Å². The predicted octanol–water partition coefficient (Wildman–Crippen LogP) is 2.63. The molecule has 2 fully saturated rings. The number of nitrogens with zero attached hydrogens (tertiary/aromatic N) is 6. The number of hydrogen-bond donors (Lipinski definition) is 0. The normalized spacial score (nSPS) is 18.4. The number of rotatable bonds is 4. The molecule has 1 saturated carbocycles. The van der Waals surface area contributed by atoms with Crippen molar-refractivity contribution in [1.29, 1.82) is 0 Å². The lowest BCUT2D eigenvalue weighted by Gasteiger charge is -2.36. The summed E-state index contributed by atoms with van der Waals surface area (Å²) < 4.78 is 1.76. The van der Waals surface area contributed by atoms with Crippen molar-refractivity contribution < 1.29 is 4.79 Å². The molecule has 1 saturated heterocycles. The largest absolute Gasteiger partial charge is 0.344 e. The van der Waals surface area contributed by atoms with Crippen molar-refractivity contribution in [2.24, 2.45) is 5.92 Å². The summed E-state index contributed by atoms with van der Waals surface area (Å²) in [5, 5.41) is 13.3. The molecule has 144 valence electrons. The van der Waals surface area contributed by atoms with Crippen molar-refractivity contribution >= 4 is 17.4 Å². The number of carbonyl (C=O) groups excluding carboxylic acids is 1. The average molecular weight is 376 g/mol. The highest BCUT2D eigenvalue weighted by molar-refractivity contribution is 5.82. The number of fused-ring (bicyclic) bond motifs is 1. The Morgan fingerprint density at radius 3 is 2.57 bits per heavy atom. The fourth-order valence-corrected chi connectivity index (χ4v) is 4.32. The van der Waals surface area contributed by atoms with E-state index in [2.05, 4.69) is 15.1 Å². The van der Waals surface area contributed by atoms with Gasteiger partial charge < -0.3 is 9.80 Å². The first-order valence-electron chi connectivity index (χ1n) is 10.1. The Labute approximate surface area is 164 Å². The van der Waals surface area contributed by atoms with E-state index in [1.54, 1.807) is 4.52 Å². The van der Waals surface area contributed by atoms with Crippen molar-refractivity contribution in [1.82, 2.24) is 24.7 Å². The molecule has 1 amide bonds. The molecular formula is C21H24N6O. The third-order valence-electron chi connectivity index (χ3n) is 5.88. The molecule has 0 atom stereocenters. The van der Waals surface area contributed by atoms with Gasteiger partial charge in [0, 0.05) is 25.2 Å². The van der Waals surface area contributed by atoms with Crippen LogP contribution in [0.4, 0.5) is 5.82 Å². The zero-order valence-corrected chi connectivity index (χ0v) is 15.9. The monoisotopic (exact) mass is 376 g/mol. The molecule has 2 aromatic heterocycles. The van der Waals surface area contributed by atoms with Gasteiger partial charge in [-0.2, -0.15) is 4.52 Å². The van der Waals surface area contributed by atoms with E-state index in [0.29, 0.717) is 23.9 Å². The maximum Gasteiger partial charge on any atom is 0.242 e. The van der Waals surface area contributed by atoms with E-state index in [1.165, 1.54) is 25.7 Å². The highest BCUT2D eigenvalue weighted by Gasteiger charge is 2.28. The van der Waals surface area contributed by atoms with Gasteiger partial charge in [-0.1, -0.05) is 43.2 Å². The molecule has 0 spiro atoms. The van der Waals surface area contributed by atoms with Gasteiger partial charge in [-0.3, -0.25) is 4.79 Å². The number of amides is 1. The second-order valence-electron chi connectivity index (χ2n) is 7.76. The lowest BCUT2D eigenvalue weighted by molar-refractivity contribution is -0.131. The number of hydrogen-bond acceptors (Lipinski definition) is 5. The van der Waals surface area contributed by atoms with Gasteiger partial charge in [0.25, 0.3) is 0 Å². The van der Waals surface area contributed by atoms with E-state index >= 15 is 0 Å². The third kappa shape index (κ3) is 3.21. The van der Waals surface area contributed by atoms with E-state index in [4.69, 9.17) is 5.10 Å². The highest BCUT2D eigenvalue weighted by atomic mass is 16.2. The fourth-order valence-electron chi connectivity index (χ4n) is 4.32. The van der Waals surface area contributed by atoms with Gasteiger partial charge in [-0.05, 0) is 30.9 Å². The molecule has 3 heterocycles. The maximum atomic E-state index is 12.7. The molecule has 3 aromatic rings.